The molecule has 0 aliphatic carbocycles. The number of carbonyl (C=O) groups is 1. The fraction of sp³-hybridized carbons (Fsp3) is 0.938. The number of unbranched alkanes of at least 4 members (excludes halogenated alkanes) is 5. The summed E-state index contributed by atoms with van der Waals surface area (Å²) in [5, 5.41) is 0.309. The zero-order valence-electron chi connectivity index (χ0n) is 14.4. The first-order valence-electron chi connectivity index (χ1n) is 7.94. The Kier molecular flexibility index (Phi) is 9.39. The van der Waals surface area contributed by atoms with Gasteiger partial charge in [0.15, 0.2) is 8.32 Å². The maximum absolute atomic E-state index is 10.6. The summed E-state index contributed by atoms with van der Waals surface area (Å²) in [6.45, 7) is 14.4. The third-order valence-corrected chi connectivity index (χ3v) is 8.65. The molecule has 4 heteroatoms. The Hall–Kier alpha value is -0.353. The van der Waals surface area contributed by atoms with E-state index in [1.807, 2.05) is 0 Å². The van der Waals surface area contributed by atoms with Gasteiger partial charge in [-0.25, -0.2) is 0 Å². The molecule has 0 aliphatic rings. The van der Waals surface area contributed by atoms with Crippen molar-refractivity contribution in [2.75, 3.05) is 13.2 Å². The average molecular weight is 303 g/mol. The van der Waals surface area contributed by atoms with Crippen molar-refractivity contribution in [2.24, 2.45) is 0 Å². The van der Waals surface area contributed by atoms with Crippen LogP contribution in [0.4, 0.5) is 0 Å². The molecule has 0 N–H and O–H groups in total. The van der Waals surface area contributed by atoms with Crippen molar-refractivity contribution in [1.82, 2.24) is 0 Å². The Morgan fingerprint density at radius 3 is 1.80 bits per heavy atom. The predicted octanol–water partition coefficient (Wildman–Crippen LogP) is 4.91. The first kappa shape index (κ1) is 19.6. The lowest BCUT2D eigenvalue weighted by Gasteiger charge is -2.36. The first-order chi connectivity index (χ1) is 9.17. The maximum Gasteiger partial charge on any atom is 0.302 e. The normalized spacial score (nSPS) is 12.5. The van der Waals surface area contributed by atoms with Crippen LogP contribution in [0.1, 0.15) is 66.2 Å². The summed E-state index contributed by atoms with van der Waals surface area (Å²) in [7, 11) is -1.55. The number of esters is 1. The van der Waals surface area contributed by atoms with Gasteiger partial charge in [0.2, 0.25) is 0 Å². The van der Waals surface area contributed by atoms with Gasteiger partial charge in [-0.2, -0.15) is 0 Å². The summed E-state index contributed by atoms with van der Waals surface area (Å²) in [6, 6.07) is 0. The fourth-order valence-electron chi connectivity index (χ4n) is 1.67. The molecule has 0 amide bonds. The largest absolute Gasteiger partial charge is 0.466 e. The number of hydrogen-bond donors (Lipinski definition) is 0. The van der Waals surface area contributed by atoms with E-state index in [0.29, 0.717) is 11.6 Å². The molecule has 0 saturated heterocycles. The van der Waals surface area contributed by atoms with Crippen molar-refractivity contribution in [3.8, 4) is 0 Å². The van der Waals surface area contributed by atoms with Crippen molar-refractivity contribution in [1.29, 1.82) is 0 Å². The van der Waals surface area contributed by atoms with Crippen LogP contribution >= 0.6 is 0 Å². The molecule has 20 heavy (non-hydrogen) atoms. The van der Waals surface area contributed by atoms with Crippen molar-refractivity contribution in [2.45, 2.75) is 84.4 Å². The number of hydrogen-bond acceptors (Lipinski definition) is 3. The zero-order chi connectivity index (χ0) is 15.6. The molecule has 0 aromatic heterocycles. The van der Waals surface area contributed by atoms with E-state index in [-0.39, 0.29) is 5.97 Å². The average Bonchev–Trinajstić information content (AvgIpc) is 2.29. The van der Waals surface area contributed by atoms with E-state index in [9.17, 15) is 4.79 Å². The molecule has 0 bridgehead atoms. The Morgan fingerprint density at radius 1 is 0.900 bits per heavy atom. The molecule has 0 aromatic carbocycles. The quantitative estimate of drug-likeness (QED) is 0.327. The van der Waals surface area contributed by atoms with E-state index in [4.69, 9.17) is 9.16 Å². The van der Waals surface area contributed by atoms with Crippen LogP contribution in [0, 0.1) is 0 Å². The van der Waals surface area contributed by atoms with Gasteiger partial charge in [-0.3, -0.25) is 4.79 Å². The topological polar surface area (TPSA) is 35.5 Å². The van der Waals surface area contributed by atoms with Crippen LogP contribution < -0.4 is 0 Å². The highest BCUT2D eigenvalue weighted by Gasteiger charge is 2.36. The summed E-state index contributed by atoms with van der Waals surface area (Å²) in [5.41, 5.74) is 0. The third-order valence-electron chi connectivity index (χ3n) is 4.11. The highest BCUT2D eigenvalue weighted by Crippen LogP contribution is 2.36. The molecular weight excluding hydrogens is 268 g/mol. The SMILES string of the molecule is CC(=O)OCCCCCCCCO[Si](C)(C)C(C)(C)C. The molecule has 0 fully saturated rings. The van der Waals surface area contributed by atoms with Crippen molar-refractivity contribution < 1.29 is 14.0 Å². The smallest absolute Gasteiger partial charge is 0.302 e. The second-order valence-corrected chi connectivity index (χ2v) is 11.9. The van der Waals surface area contributed by atoms with Gasteiger partial charge in [-0.1, -0.05) is 46.5 Å². The lowest BCUT2D eigenvalue weighted by Crippen LogP contribution is -2.40. The molecule has 0 saturated carbocycles. The molecule has 120 valence electrons. The molecule has 0 aromatic rings. The van der Waals surface area contributed by atoms with Gasteiger partial charge >= 0.3 is 5.97 Å². The first-order valence-corrected chi connectivity index (χ1v) is 10.8. The molecule has 0 rings (SSSR count). The Labute approximate surface area is 126 Å². The van der Waals surface area contributed by atoms with E-state index in [1.165, 1.54) is 26.2 Å². The maximum atomic E-state index is 10.6. The second kappa shape index (κ2) is 9.56. The highest BCUT2D eigenvalue weighted by atomic mass is 28.4. The van der Waals surface area contributed by atoms with E-state index in [1.54, 1.807) is 0 Å². The molecule has 0 radical (unpaired) electrons. The third kappa shape index (κ3) is 9.53. The molecule has 0 heterocycles. The number of rotatable bonds is 10. The Balaban J connectivity index is 3.39. The molecule has 3 nitrogen and oxygen atoms in total. The van der Waals surface area contributed by atoms with Gasteiger partial charge in [-0.15, -0.1) is 0 Å². The van der Waals surface area contributed by atoms with Crippen molar-refractivity contribution >= 4 is 14.3 Å². The summed E-state index contributed by atoms with van der Waals surface area (Å²) < 4.78 is 11.0. The van der Waals surface area contributed by atoms with Gasteiger partial charge in [0.25, 0.3) is 0 Å². The van der Waals surface area contributed by atoms with Gasteiger partial charge in [0, 0.05) is 13.5 Å². The van der Waals surface area contributed by atoms with E-state index < -0.39 is 8.32 Å². The highest BCUT2D eigenvalue weighted by molar-refractivity contribution is 6.74. The van der Waals surface area contributed by atoms with Crippen LogP contribution in [0.5, 0.6) is 0 Å². The van der Waals surface area contributed by atoms with Gasteiger partial charge < -0.3 is 9.16 Å². The van der Waals surface area contributed by atoms with Crippen LogP contribution in [-0.4, -0.2) is 27.5 Å². The monoisotopic (exact) mass is 302 g/mol. The minimum Gasteiger partial charge on any atom is -0.466 e. The van der Waals surface area contributed by atoms with E-state index in [2.05, 4.69) is 33.9 Å². The summed E-state index contributed by atoms with van der Waals surface area (Å²) in [5.74, 6) is -0.173. The minimum absolute atomic E-state index is 0.173. The second-order valence-electron chi connectivity index (χ2n) is 7.07. The predicted molar refractivity (Wildman–Crippen MR) is 87.5 cm³/mol. The van der Waals surface area contributed by atoms with Gasteiger partial charge in [0.1, 0.15) is 0 Å². The minimum atomic E-state index is -1.55. The number of ether oxygens (including phenoxy) is 1. The summed E-state index contributed by atoms with van der Waals surface area (Å²) in [4.78, 5) is 10.6. The number of carbonyl (C=O) groups excluding carboxylic acids is 1. The van der Waals surface area contributed by atoms with Crippen LogP contribution in [0.2, 0.25) is 18.1 Å². The fourth-order valence-corrected chi connectivity index (χ4v) is 2.76. The molecule has 0 unspecified atom stereocenters. The van der Waals surface area contributed by atoms with Crippen molar-refractivity contribution in [3.63, 3.8) is 0 Å². The summed E-state index contributed by atoms with van der Waals surface area (Å²) in [6.07, 6.45) is 7.01. The zero-order valence-corrected chi connectivity index (χ0v) is 15.4. The van der Waals surface area contributed by atoms with E-state index >= 15 is 0 Å². The molecule has 0 atom stereocenters. The Bertz CT molecular complexity index is 269. The van der Waals surface area contributed by atoms with Gasteiger partial charge in [-0.05, 0) is 31.0 Å². The van der Waals surface area contributed by atoms with Crippen LogP contribution in [-0.2, 0) is 14.0 Å². The van der Waals surface area contributed by atoms with Crippen LogP contribution in [0.25, 0.3) is 0 Å². The lowest BCUT2D eigenvalue weighted by molar-refractivity contribution is -0.141. The van der Waals surface area contributed by atoms with Gasteiger partial charge in [0.05, 0.1) is 6.61 Å². The summed E-state index contributed by atoms with van der Waals surface area (Å²) >= 11 is 0. The van der Waals surface area contributed by atoms with Crippen LogP contribution in [0.15, 0.2) is 0 Å². The molecular formula is C16H34O3Si. The molecule has 0 aliphatic heterocycles. The molecule has 0 spiro atoms. The van der Waals surface area contributed by atoms with E-state index in [0.717, 1.165) is 25.9 Å². The van der Waals surface area contributed by atoms with Crippen molar-refractivity contribution in [3.05, 3.63) is 0 Å². The van der Waals surface area contributed by atoms with Crippen LogP contribution in [0.3, 0.4) is 0 Å². The standard InChI is InChI=1S/C16H34O3Si/c1-15(17)18-13-11-9-7-8-10-12-14-19-20(5,6)16(2,3)4/h7-14H2,1-6H3. The Morgan fingerprint density at radius 2 is 1.35 bits per heavy atom. The lowest BCUT2D eigenvalue weighted by atomic mass is 10.1.